The van der Waals surface area contributed by atoms with Crippen LogP contribution in [0.5, 0.6) is 0 Å². The first-order valence-electron chi connectivity index (χ1n) is 7.87. The Morgan fingerprint density at radius 1 is 1.38 bits per heavy atom. The molecule has 24 heavy (non-hydrogen) atoms. The van der Waals surface area contributed by atoms with Crippen LogP contribution in [0.4, 0.5) is 9.39 Å². The summed E-state index contributed by atoms with van der Waals surface area (Å²) in [4.78, 5) is 30.5. The fourth-order valence-electron chi connectivity index (χ4n) is 2.47. The predicted molar refractivity (Wildman–Crippen MR) is 90.1 cm³/mol. The molecule has 0 saturated heterocycles. The minimum absolute atomic E-state index is 0.00922. The standard InChI is InChI=1S/C17H18FN3O2S/c1-2-14-16(24-10-19-14)20-15(22)17(23)21(12-7-8-12)9-11-5-3-4-6-13(11)18/h3-6,10,12H,2,7-9H2,1H3,(H,20,22). The largest absolute Gasteiger partial charge is 0.327 e. The minimum Gasteiger partial charge on any atom is -0.327 e. The number of thiazole rings is 1. The van der Waals surface area contributed by atoms with Crippen LogP contribution in [-0.4, -0.2) is 27.7 Å². The van der Waals surface area contributed by atoms with Gasteiger partial charge >= 0.3 is 11.8 Å². The number of aryl methyl sites for hydroxylation is 1. The van der Waals surface area contributed by atoms with Gasteiger partial charge in [0.2, 0.25) is 0 Å². The number of halogens is 1. The molecule has 0 atom stereocenters. The Balaban J connectivity index is 1.73. The third kappa shape index (κ3) is 3.62. The zero-order valence-electron chi connectivity index (χ0n) is 13.3. The van der Waals surface area contributed by atoms with E-state index in [-0.39, 0.29) is 18.4 Å². The van der Waals surface area contributed by atoms with E-state index in [2.05, 4.69) is 10.3 Å². The summed E-state index contributed by atoms with van der Waals surface area (Å²) < 4.78 is 13.9. The van der Waals surface area contributed by atoms with Crippen LogP contribution >= 0.6 is 11.3 Å². The Morgan fingerprint density at radius 2 is 2.12 bits per heavy atom. The van der Waals surface area contributed by atoms with Gasteiger partial charge in [-0.3, -0.25) is 9.59 Å². The van der Waals surface area contributed by atoms with Crippen LogP contribution in [0.1, 0.15) is 31.0 Å². The molecule has 1 heterocycles. The number of carbonyl (C=O) groups excluding carboxylic acids is 2. The van der Waals surface area contributed by atoms with Crippen LogP contribution in [0.2, 0.25) is 0 Å². The van der Waals surface area contributed by atoms with E-state index in [1.807, 2.05) is 6.92 Å². The third-order valence-corrected chi connectivity index (χ3v) is 4.73. The molecule has 7 heteroatoms. The van der Waals surface area contributed by atoms with Gasteiger partial charge < -0.3 is 10.2 Å². The maximum absolute atomic E-state index is 13.9. The van der Waals surface area contributed by atoms with E-state index in [9.17, 15) is 14.0 Å². The molecule has 1 saturated carbocycles. The van der Waals surface area contributed by atoms with Gasteiger partial charge in [0.15, 0.2) is 0 Å². The summed E-state index contributed by atoms with van der Waals surface area (Å²) >= 11 is 1.29. The van der Waals surface area contributed by atoms with E-state index in [0.717, 1.165) is 18.5 Å². The molecule has 1 aliphatic carbocycles. The smallest absolute Gasteiger partial charge is 0.314 e. The van der Waals surface area contributed by atoms with Gasteiger partial charge in [-0.2, -0.15) is 0 Å². The van der Waals surface area contributed by atoms with Crippen LogP contribution in [0.25, 0.3) is 0 Å². The molecule has 2 aromatic rings. The lowest BCUT2D eigenvalue weighted by Crippen LogP contribution is -2.40. The summed E-state index contributed by atoms with van der Waals surface area (Å²) in [6, 6.07) is 6.32. The number of nitrogens with one attached hydrogen (secondary N) is 1. The van der Waals surface area contributed by atoms with Crippen LogP contribution in [0.15, 0.2) is 29.8 Å². The molecule has 126 valence electrons. The van der Waals surface area contributed by atoms with Gasteiger partial charge in [-0.15, -0.1) is 11.3 Å². The number of anilines is 1. The molecule has 5 nitrogen and oxygen atoms in total. The number of hydrogen-bond acceptors (Lipinski definition) is 4. The average molecular weight is 347 g/mol. The van der Waals surface area contributed by atoms with Crippen molar-refractivity contribution in [2.75, 3.05) is 5.32 Å². The molecule has 1 aromatic carbocycles. The van der Waals surface area contributed by atoms with Gasteiger partial charge in [0, 0.05) is 18.2 Å². The second-order valence-electron chi connectivity index (χ2n) is 5.69. The van der Waals surface area contributed by atoms with Crippen molar-refractivity contribution >= 4 is 28.2 Å². The predicted octanol–water partition coefficient (Wildman–Crippen LogP) is 2.97. The van der Waals surface area contributed by atoms with E-state index in [4.69, 9.17) is 0 Å². The Morgan fingerprint density at radius 3 is 2.79 bits per heavy atom. The molecular weight excluding hydrogens is 329 g/mol. The summed E-state index contributed by atoms with van der Waals surface area (Å²) in [5.41, 5.74) is 2.81. The lowest BCUT2D eigenvalue weighted by Gasteiger charge is -2.22. The van der Waals surface area contributed by atoms with Crippen molar-refractivity contribution in [3.05, 3.63) is 46.9 Å². The highest BCUT2D eigenvalue weighted by Gasteiger charge is 2.36. The maximum atomic E-state index is 13.9. The maximum Gasteiger partial charge on any atom is 0.314 e. The van der Waals surface area contributed by atoms with Crippen molar-refractivity contribution in [1.29, 1.82) is 0 Å². The van der Waals surface area contributed by atoms with Gasteiger partial charge in [-0.05, 0) is 25.3 Å². The lowest BCUT2D eigenvalue weighted by atomic mass is 10.2. The Kier molecular flexibility index (Phi) is 4.89. The van der Waals surface area contributed by atoms with Gasteiger partial charge in [0.05, 0.1) is 11.2 Å². The monoisotopic (exact) mass is 347 g/mol. The normalized spacial score (nSPS) is 13.6. The van der Waals surface area contributed by atoms with Crippen molar-refractivity contribution < 1.29 is 14.0 Å². The van der Waals surface area contributed by atoms with Gasteiger partial charge in [0.25, 0.3) is 0 Å². The van der Waals surface area contributed by atoms with E-state index in [1.54, 1.807) is 23.7 Å². The summed E-state index contributed by atoms with van der Waals surface area (Å²) in [5, 5.41) is 3.23. The molecule has 0 radical (unpaired) electrons. The van der Waals surface area contributed by atoms with Crippen molar-refractivity contribution in [3.63, 3.8) is 0 Å². The zero-order valence-corrected chi connectivity index (χ0v) is 14.1. The Labute approximate surface area is 143 Å². The number of amides is 2. The highest BCUT2D eigenvalue weighted by atomic mass is 32.1. The second-order valence-corrected chi connectivity index (χ2v) is 6.55. The average Bonchev–Trinajstić information content (AvgIpc) is 3.32. The van der Waals surface area contributed by atoms with Crippen LogP contribution < -0.4 is 5.32 Å². The summed E-state index contributed by atoms with van der Waals surface area (Å²) in [6.07, 6.45) is 2.36. The summed E-state index contributed by atoms with van der Waals surface area (Å²) in [7, 11) is 0. The fourth-order valence-corrected chi connectivity index (χ4v) is 3.24. The van der Waals surface area contributed by atoms with Crippen molar-refractivity contribution in [2.24, 2.45) is 0 Å². The molecule has 0 unspecified atom stereocenters. The number of nitrogens with zero attached hydrogens (tertiary/aromatic N) is 2. The van der Waals surface area contributed by atoms with E-state index in [0.29, 0.717) is 17.0 Å². The van der Waals surface area contributed by atoms with Gasteiger partial charge in [0.1, 0.15) is 10.8 Å². The highest BCUT2D eigenvalue weighted by Crippen LogP contribution is 2.29. The van der Waals surface area contributed by atoms with E-state index < -0.39 is 11.8 Å². The van der Waals surface area contributed by atoms with Crippen LogP contribution in [0.3, 0.4) is 0 Å². The number of benzene rings is 1. The molecule has 3 rings (SSSR count). The van der Waals surface area contributed by atoms with Crippen molar-refractivity contribution in [1.82, 2.24) is 9.88 Å². The van der Waals surface area contributed by atoms with Gasteiger partial charge in [-0.1, -0.05) is 25.1 Å². The molecule has 1 aliphatic rings. The molecular formula is C17H18FN3O2S. The molecule has 0 bridgehead atoms. The topological polar surface area (TPSA) is 62.3 Å². The highest BCUT2D eigenvalue weighted by molar-refractivity contribution is 7.14. The van der Waals surface area contributed by atoms with Crippen molar-refractivity contribution in [3.8, 4) is 0 Å². The Bertz CT molecular complexity index is 758. The lowest BCUT2D eigenvalue weighted by molar-refractivity contribution is -0.144. The Hall–Kier alpha value is -2.28. The fraction of sp³-hybridized carbons (Fsp3) is 0.353. The van der Waals surface area contributed by atoms with Crippen LogP contribution in [0, 0.1) is 5.82 Å². The zero-order chi connectivity index (χ0) is 17.1. The first-order valence-corrected chi connectivity index (χ1v) is 8.75. The molecule has 2 amide bonds. The first kappa shape index (κ1) is 16.6. The SMILES string of the molecule is CCc1ncsc1NC(=O)C(=O)N(Cc1ccccc1F)C1CC1. The first-order chi connectivity index (χ1) is 11.6. The number of aromatic nitrogens is 1. The van der Waals surface area contributed by atoms with Gasteiger partial charge in [-0.25, -0.2) is 9.37 Å². The molecule has 1 fully saturated rings. The molecule has 1 aromatic heterocycles. The quantitative estimate of drug-likeness (QED) is 0.846. The van der Waals surface area contributed by atoms with Crippen molar-refractivity contribution in [2.45, 2.75) is 38.8 Å². The molecule has 0 spiro atoms. The third-order valence-electron chi connectivity index (χ3n) is 3.94. The number of hydrogen-bond donors (Lipinski definition) is 1. The minimum atomic E-state index is -0.697. The van der Waals surface area contributed by atoms with E-state index >= 15 is 0 Å². The summed E-state index contributed by atoms with van der Waals surface area (Å²) in [5.74, 6) is -1.69. The molecule has 0 aliphatic heterocycles. The van der Waals surface area contributed by atoms with E-state index in [1.165, 1.54) is 22.3 Å². The van der Waals surface area contributed by atoms with Crippen LogP contribution in [-0.2, 0) is 22.6 Å². The summed E-state index contributed by atoms with van der Waals surface area (Å²) in [6.45, 7) is 2.04. The second kappa shape index (κ2) is 7.09. The number of carbonyl (C=O) groups is 2. The molecule has 1 N–H and O–H groups in total. The number of rotatable bonds is 5.